The molecule has 0 aromatic heterocycles. The van der Waals surface area contributed by atoms with Gasteiger partial charge in [-0.25, -0.2) is 0 Å². The number of aryl methyl sites for hydroxylation is 1. The number of carbonyl (C=O) groups is 1. The minimum Gasteiger partial charge on any atom is -0.347 e. The lowest BCUT2D eigenvalue weighted by atomic mass is 9.86. The van der Waals surface area contributed by atoms with Gasteiger partial charge in [-0.1, -0.05) is 29.8 Å². The summed E-state index contributed by atoms with van der Waals surface area (Å²) in [5, 5.41) is 3.33. The number of piperidine rings is 1. The van der Waals surface area contributed by atoms with E-state index in [9.17, 15) is 4.79 Å². The lowest BCUT2D eigenvalue weighted by molar-refractivity contribution is -0.131. The van der Waals surface area contributed by atoms with Gasteiger partial charge in [-0.2, -0.15) is 0 Å². The third kappa shape index (κ3) is 3.80. The average Bonchev–Trinajstić information content (AvgIpc) is 2.41. The Morgan fingerprint density at radius 2 is 2.00 bits per heavy atom. The molecule has 0 saturated carbocycles. The number of nitrogens with zero attached hydrogens (tertiary/aromatic N) is 1. The van der Waals surface area contributed by atoms with Crippen LogP contribution in [0.25, 0.3) is 0 Å². The van der Waals surface area contributed by atoms with E-state index < -0.39 is 0 Å². The van der Waals surface area contributed by atoms with Crippen molar-refractivity contribution < 1.29 is 4.79 Å². The van der Waals surface area contributed by atoms with E-state index in [4.69, 9.17) is 0 Å². The van der Waals surface area contributed by atoms with Crippen molar-refractivity contribution in [3.8, 4) is 0 Å². The van der Waals surface area contributed by atoms with Gasteiger partial charge >= 0.3 is 0 Å². The summed E-state index contributed by atoms with van der Waals surface area (Å²) in [7, 11) is 3.65. The maximum Gasteiger partial charge on any atom is 0.239 e. The molecule has 1 saturated heterocycles. The number of hydrogen-bond acceptors (Lipinski definition) is 2. The van der Waals surface area contributed by atoms with Gasteiger partial charge in [-0.15, -0.1) is 0 Å². The Balaban J connectivity index is 1.94. The number of amides is 1. The molecule has 2 unspecified atom stereocenters. The largest absolute Gasteiger partial charge is 0.347 e. The van der Waals surface area contributed by atoms with Crippen molar-refractivity contribution in [1.82, 2.24) is 10.2 Å². The number of carbonyl (C=O) groups excluding carboxylic acids is 1. The quantitative estimate of drug-likeness (QED) is 0.901. The summed E-state index contributed by atoms with van der Waals surface area (Å²) in [6, 6.07) is 8.75. The second-order valence-electron chi connectivity index (χ2n) is 5.82. The highest BCUT2D eigenvalue weighted by Gasteiger charge is 2.27. The van der Waals surface area contributed by atoms with Crippen LogP contribution in [-0.4, -0.2) is 37.5 Å². The molecule has 0 bridgehead atoms. The third-order valence-corrected chi connectivity index (χ3v) is 3.90. The molecule has 3 heteroatoms. The van der Waals surface area contributed by atoms with Crippen molar-refractivity contribution in [2.75, 3.05) is 20.6 Å². The van der Waals surface area contributed by atoms with Gasteiger partial charge < -0.3 is 10.2 Å². The normalized spacial score (nSPS) is 23.1. The van der Waals surface area contributed by atoms with Crippen molar-refractivity contribution in [2.24, 2.45) is 5.92 Å². The zero-order valence-electron chi connectivity index (χ0n) is 12.1. The van der Waals surface area contributed by atoms with Crippen LogP contribution < -0.4 is 5.32 Å². The Labute approximate surface area is 116 Å². The topological polar surface area (TPSA) is 32.3 Å². The van der Waals surface area contributed by atoms with Crippen LogP contribution >= 0.6 is 0 Å². The number of hydrogen-bond donors (Lipinski definition) is 1. The van der Waals surface area contributed by atoms with Crippen LogP contribution in [0.4, 0.5) is 0 Å². The molecule has 19 heavy (non-hydrogen) atoms. The van der Waals surface area contributed by atoms with Crippen molar-refractivity contribution in [1.29, 1.82) is 0 Å². The molecule has 1 aliphatic heterocycles. The molecule has 2 atom stereocenters. The Hall–Kier alpha value is -1.35. The predicted molar refractivity (Wildman–Crippen MR) is 78.1 cm³/mol. The zero-order chi connectivity index (χ0) is 13.8. The van der Waals surface area contributed by atoms with E-state index in [0.29, 0.717) is 5.92 Å². The molecule has 1 fully saturated rings. The lowest BCUT2D eigenvalue weighted by Gasteiger charge is -2.31. The van der Waals surface area contributed by atoms with Gasteiger partial charge in [0, 0.05) is 14.1 Å². The second kappa shape index (κ2) is 6.20. The van der Waals surface area contributed by atoms with Crippen LogP contribution in [0.15, 0.2) is 24.3 Å². The summed E-state index contributed by atoms with van der Waals surface area (Å²) >= 11 is 0. The van der Waals surface area contributed by atoms with E-state index in [1.165, 1.54) is 11.1 Å². The van der Waals surface area contributed by atoms with Gasteiger partial charge in [0.25, 0.3) is 0 Å². The fraction of sp³-hybridized carbons (Fsp3) is 0.562. The minimum absolute atomic E-state index is 0.000742. The monoisotopic (exact) mass is 260 g/mol. The van der Waals surface area contributed by atoms with Crippen molar-refractivity contribution in [2.45, 2.75) is 32.2 Å². The van der Waals surface area contributed by atoms with E-state index in [-0.39, 0.29) is 11.9 Å². The molecule has 0 aliphatic carbocycles. The van der Waals surface area contributed by atoms with Crippen LogP contribution in [-0.2, 0) is 11.2 Å². The molecule has 1 aromatic carbocycles. The third-order valence-electron chi connectivity index (χ3n) is 3.90. The first-order valence-corrected chi connectivity index (χ1v) is 7.06. The molecular weight excluding hydrogens is 236 g/mol. The van der Waals surface area contributed by atoms with Gasteiger partial charge in [0.2, 0.25) is 5.91 Å². The van der Waals surface area contributed by atoms with Crippen molar-refractivity contribution in [3.05, 3.63) is 35.4 Å². The zero-order valence-corrected chi connectivity index (χ0v) is 12.1. The standard InChI is InChI=1S/C16H24N2O/c1-12-4-6-13(7-5-12)10-14-8-9-17-15(11-14)16(19)18(2)3/h4-7,14-15,17H,8-11H2,1-3H3. The fourth-order valence-corrected chi connectivity index (χ4v) is 2.74. The maximum absolute atomic E-state index is 12.0. The first kappa shape index (κ1) is 14.1. The highest BCUT2D eigenvalue weighted by atomic mass is 16.2. The molecule has 2 rings (SSSR count). The summed E-state index contributed by atoms with van der Waals surface area (Å²) < 4.78 is 0. The van der Waals surface area contributed by atoms with E-state index >= 15 is 0 Å². The molecular formula is C16H24N2O. The highest BCUT2D eigenvalue weighted by Crippen LogP contribution is 2.22. The van der Waals surface area contributed by atoms with Gasteiger partial charge in [0.1, 0.15) is 0 Å². The lowest BCUT2D eigenvalue weighted by Crippen LogP contribution is -2.48. The molecule has 0 spiro atoms. The van der Waals surface area contributed by atoms with Gasteiger partial charge in [-0.05, 0) is 44.2 Å². The molecule has 1 aliphatic rings. The molecule has 104 valence electrons. The number of rotatable bonds is 3. The number of benzene rings is 1. The van der Waals surface area contributed by atoms with Crippen LogP contribution in [0.3, 0.4) is 0 Å². The number of nitrogens with one attached hydrogen (secondary N) is 1. The summed E-state index contributed by atoms with van der Waals surface area (Å²) in [6.07, 6.45) is 3.19. The fourth-order valence-electron chi connectivity index (χ4n) is 2.74. The van der Waals surface area contributed by atoms with Crippen LogP contribution in [0.2, 0.25) is 0 Å². The van der Waals surface area contributed by atoms with E-state index in [1.807, 2.05) is 14.1 Å². The van der Waals surface area contributed by atoms with E-state index in [0.717, 1.165) is 25.8 Å². The van der Waals surface area contributed by atoms with Crippen molar-refractivity contribution >= 4 is 5.91 Å². The Morgan fingerprint density at radius 1 is 1.32 bits per heavy atom. The second-order valence-corrected chi connectivity index (χ2v) is 5.82. The Morgan fingerprint density at radius 3 is 2.63 bits per heavy atom. The first-order valence-electron chi connectivity index (χ1n) is 7.06. The van der Waals surface area contributed by atoms with Crippen molar-refractivity contribution in [3.63, 3.8) is 0 Å². The average molecular weight is 260 g/mol. The van der Waals surface area contributed by atoms with Crippen LogP contribution in [0.5, 0.6) is 0 Å². The van der Waals surface area contributed by atoms with Gasteiger partial charge in [0.15, 0.2) is 0 Å². The Bertz CT molecular complexity index is 425. The first-order chi connectivity index (χ1) is 9.06. The summed E-state index contributed by atoms with van der Waals surface area (Å²) in [4.78, 5) is 13.7. The molecule has 1 amide bonds. The SMILES string of the molecule is Cc1ccc(CC2CCNC(C(=O)N(C)C)C2)cc1. The summed E-state index contributed by atoms with van der Waals surface area (Å²) in [5.41, 5.74) is 2.68. The Kier molecular flexibility index (Phi) is 4.59. The van der Waals surface area contributed by atoms with Crippen LogP contribution in [0.1, 0.15) is 24.0 Å². The molecule has 1 aromatic rings. The van der Waals surface area contributed by atoms with E-state index in [2.05, 4.69) is 36.5 Å². The molecule has 1 heterocycles. The molecule has 3 nitrogen and oxygen atoms in total. The molecule has 1 N–H and O–H groups in total. The highest BCUT2D eigenvalue weighted by molar-refractivity contribution is 5.81. The summed E-state index contributed by atoms with van der Waals surface area (Å²) in [6.45, 7) is 3.06. The predicted octanol–water partition coefficient (Wildman–Crippen LogP) is 1.99. The number of likely N-dealkylation sites (N-methyl/N-ethyl adjacent to an activating group) is 1. The van der Waals surface area contributed by atoms with Gasteiger partial charge in [-0.3, -0.25) is 4.79 Å². The van der Waals surface area contributed by atoms with Crippen LogP contribution in [0, 0.1) is 12.8 Å². The maximum atomic E-state index is 12.0. The summed E-state index contributed by atoms with van der Waals surface area (Å²) in [5.74, 6) is 0.812. The minimum atomic E-state index is -0.000742. The smallest absolute Gasteiger partial charge is 0.239 e. The molecule has 0 radical (unpaired) electrons. The van der Waals surface area contributed by atoms with E-state index in [1.54, 1.807) is 4.90 Å². The van der Waals surface area contributed by atoms with Gasteiger partial charge in [0.05, 0.1) is 6.04 Å².